The molecule has 0 unspecified atom stereocenters. The fraction of sp³-hybridized carbons (Fsp3) is 0.200. The summed E-state index contributed by atoms with van der Waals surface area (Å²) in [4.78, 5) is 16.2. The molecule has 0 saturated heterocycles. The zero-order valence-electron chi connectivity index (χ0n) is 11.6. The third kappa shape index (κ3) is 3.06. The minimum Gasteiger partial charge on any atom is -0.495 e. The Morgan fingerprint density at radius 2 is 1.95 bits per heavy atom. The highest BCUT2D eigenvalue weighted by Crippen LogP contribution is 2.25. The normalized spacial score (nSPS) is 9.95. The Bertz CT molecular complexity index is 609. The minimum atomic E-state index is -0.246. The first-order chi connectivity index (χ1) is 9.63. The molecule has 2 aromatic rings. The molecule has 1 heterocycles. The first-order valence-electron chi connectivity index (χ1n) is 6.10. The smallest absolute Gasteiger partial charge is 0.257 e. The maximum Gasteiger partial charge on any atom is 0.257 e. The molecular formula is C15H16N2O3. The summed E-state index contributed by atoms with van der Waals surface area (Å²) in [7, 11) is 3.09. The standard InChI is InChI=1S/C15H16N2O3/c1-10-4-6-13(19-2)12(8-10)17-15(18)11-5-7-14(20-3)16-9-11/h4-9H,1-3H3,(H,17,18). The third-order valence-electron chi connectivity index (χ3n) is 2.81. The highest BCUT2D eigenvalue weighted by molar-refractivity contribution is 6.04. The van der Waals surface area contributed by atoms with E-state index in [9.17, 15) is 4.79 Å². The van der Waals surface area contributed by atoms with E-state index in [-0.39, 0.29) is 5.91 Å². The van der Waals surface area contributed by atoms with Crippen molar-refractivity contribution in [3.05, 3.63) is 47.7 Å². The molecule has 0 bridgehead atoms. The Morgan fingerprint density at radius 1 is 1.15 bits per heavy atom. The summed E-state index contributed by atoms with van der Waals surface area (Å²) in [6, 6.07) is 8.89. The van der Waals surface area contributed by atoms with Crippen molar-refractivity contribution in [2.45, 2.75) is 6.92 Å². The molecule has 0 atom stereocenters. The first kappa shape index (κ1) is 13.9. The second-order valence-corrected chi connectivity index (χ2v) is 4.25. The third-order valence-corrected chi connectivity index (χ3v) is 2.81. The van der Waals surface area contributed by atoms with Gasteiger partial charge in [0.1, 0.15) is 5.75 Å². The molecule has 0 aliphatic heterocycles. The number of nitrogens with one attached hydrogen (secondary N) is 1. The lowest BCUT2D eigenvalue weighted by atomic mass is 10.2. The number of carbonyl (C=O) groups excluding carboxylic acids is 1. The predicted octanol–water partition coefficient (Wildman–Crippen LogP) is 2.66. The summed E-state index contributed by atoms with van der Waals surface area (Å²) in [6.45, 7) is 1.95. The Labute approximate surface area is 117 Å². The van der Waals surface area contributed by atoms with Gasteiger partial charge in [0.25, 0.3) is 5.91 Å². The van der Waals surface area contributed by atoms with Crippen LogP contribution in [-0.2, 0) is 0 Å². The first-order valence-corrected chi connectivity index (χ1v) is 6.10. The van der Waals surface area contributed by atoms with E-state index >= 15 is 0 Å². The van der Waals surface area contributed by atoms with Gasteiger partial charge in [0.05, 0.1) is 25.5 Å². The van der Waals surface area contributed by atoms with Gasteiger partial charge in [0, 0.05) is 12.3 Å². The van der Waals surface area contributed by atoms with Gasteiger partial charge < -0.3 is 14.8 Å². The van der Waals surface area contributed by atoms with Crippen molar-refractivity contribution < 1.29 is 14.3 Å². The lowest BCUT2D eigenvalue weighted by Crippen LogP contribution is -2.13. The van der Waals surface area contributed by atoms with E-state index in [1.54, 1.807) is 19.2 Å². The van der Waals surface area contributed by atoms with E-state index < -0.39 is 0 Å². The summed E-state index contributed by atoms with van der Waals surface area (Å²) < 4.78 is 10.2. The van der Waals surface area contributed by atoms with E-state index in [0.717, 1.165) is 5.56 Å². The van der Waals surface area contributed by atoms with Crippen molar-refractivity contribution >= 4 is 11.6 Å². The number of carbonyl (C=O) groups is 1. The molecule has 1 amide bonds. The van der Waals surface area contributed by atoms with Crippen LogP contribution < -0.4 is 14.8 Å². The number of aromatic nitrogens is 1. The Hall–Kier alpha value is -2.56. The number of benzene rings is 1. The molecule has 2 rings (SSSR count). The number of hydrogen-bond donors (Lipinski definition) is 1. The zero-order valence-corrected chi connectivity index (χ0v) is 11.6. The van der Waals surface area contributed by atoms with E-state index in [1.165, 1.54) is 13.3 Å². The van der Waals surface area contributed by atoms with Gasteiger partial charge in [-0.25, -0.2) is 4.98 Å². The largest absolute Gasteiger partial charge is 0.495 e. The highest BCUT2D eigenvalue weighted by atomic mass is 16.5. The molecule has 0 aliphatic rings. The van der Waals surface area contributed by atoms with Gasteiger partial charge in [-0.2, -0.15) is 0 Å². The SMILES string of the molecule is COc1ccc(C(=O)Nc2cc(C)ccc2OC)cn1. The van der Waals surface area contributed by atoms with Gasteiger partial charge in [0.15, 0.2) is 0 Å². The molecule has 0 radical (unpaired) electrons. The molecule has 0 aliphatic carbocycles. The molecule has 0 spiro atoms. The Morgan fingerprint density at radius 3 is 2.55 bits per heavy atom. The van der Waals surface area contributed by atoms with Crippen molar-refractivity contribution in [1.29, 1.82) is 0 Å². The average Bonchev–Trinajstić information content (AvgIpc) is 2.47. The highest BCUT2D eigenvalue weighted by Gasteiger charge is 2.10. The second kappa shape index (κ2) is 6.06. The number of ether oxygens (including phenoxy) is 2. The minimum absolute atomic E-state index is 0.246. The van der Waals surface area contributed by atoms with E-state index in [0.29, 0.717) is 22.9 Å². The number of nitrogens with zero attached hydrogens (tertiary/aromatic N) is 1. The monoisotopic (exact) mass is 272 g/mol. The summed E-state index contributed by atoms with van der Waals surface area (Å²) in [6.07, 6.45) is 1.47. The fourth-order valence-electron chi connectivity index (χ4n) is 1.75. The number of methoxy groups -OCH3 is 2. The Kier molecular flexibility index (Phi) is 4.20. The van der Waals surface area contributed by atoms with Crippen molar-refractivity contribution in [3.8, 4) is 11.6 Å². The van der Waals surface area contributed by atoms with Gasteiger partial charge in [-0.3, -0.25) is 4.79 Å². The Balaban J connectivity index is 2.20. The molecule has 0 fully saturated rings. The van der Waals surface area contributed by atoms with Crippen molar-refractivity contribution in [3.63, 3.8) is 0 Å². The second-order valence-electron chi connectivity index (χ2n) is 4.25. The number of amides is 1. The van der Waals surface area contributed by atoms with Crippen molar-refractivity contribution in [2.75, 3.05) is 19.5 Å². The average molecular weight is 272 g/mol. The van der Waals surface area contributed by atoms with Crippen LogP contribution in [0.1, 0.15) is 15.9 Å². The maximum atomic E-state index is 12.1. The van der Waals surface area contributed by atoms with Gasteiger partial charge in [-0.15, -0.1) is 0 Å². The number of pyridine rings is 1. The summed E-state index contributed by atoms with van der Waals surface area (Å²) >= 11 is 0. The van der Waals surface area contributed by atoms with E-state index in [4.69, 9.17) is 9.47 Å². The van der Waals surface area contributed by atoms with Crippen molar-refractivity contribution in [2.24, 2.45) is 0 Å². The number of rotatable bonds is 4. The van der Waals surface area contributed by atoms with Gasteiger partial charge in [-0.05, 0) is 30.7 Å². The summed E-state index contributed by atoms with van der Waals surface area (Å²) in [5.74, 6) is 0.837. The number of hydrogen-bond acceptors (Lipinski definition) is 4. The van der Waals surface area contributed by atoms with Crippen LogP contribution in [0.5, 0.6) is 11.6 Å². The van der Waals surface area contributed by atoms with Crippen molar-refractivity contribution in [1.82, 2.24) is 4.98 Å². The molecule has 0 saturated carbocycles. The van der Waals surface area contributed by atoms with Gasteiger partial charge >= 0.3 is 0 Å². The quantitative estimate of drug-likeness (QED) is 0.929. The van der Waals surface area contributed by atoms with E-state index in [2.05, 4.69) is 10.3 Å². The van der Waals surface area contributed by atoms with Crippen LogP contribution in [0.15, 0.2) is 36.5 Å². The molecule has 1 N–H and O–H groups in total. The van der Waals surface area contributed by atoms with Crippen LogP contribution >= 0.6 is 0 Å². The van der Waals surface area contributed by atoms with Crippen LogP contribution in [0, 0.1) is 6.92 Å². The predicted molar refractivity (Wildman–Crippen MR) is 76.5 cm³/mol. The summed E-state index contributed by atoms with van der Waals surface area (Å²) in [5.41, 5.74) is 2.12. The van der Waals surface area contributed by atoms with Gasteiger partial charge in [-0.1, -0.05) is 6.07 Å². The van der Waals surface area contributed by atoms with Crippen LogP contribution in [0.4, 0.5) is 5.69 Å². The van der Waals surface area contributed by atoms with Crippen LogP contribution in [0.2, 0.25) is 0 Å². The van der Waals surface area contributed by atoms with Gasteiger partial charge in [0.2, 0.25) is 5.88 Å². The molecule has 1 aromatic heterocycles. The molecule has 104 valence electrons. The van der Waals surface area contributed by atoms with E-state index in [1.807, 2.05) is 25.1 Å². The van der Waals surface area contributed by atoms with Crippen LogP contribution in [0.25, 0.3) is 0 Å². The topological polar surface area (TPSA) is 60.5 Å². The lowest BCUT2D eigenvalue weighted by molar-refractivity contribution is 0.102. The van der Waals surface area contributed by atoms with Crippen LogP contribution in [0.3, 0.4) is 0 Å². The fourth-order valence-corrected chi connectivity index (χ4v) is 1.75. The molecule has 20 heavy (non-hydrogen) atoms. The molecule has 1 aromatic carbocycles. The molecule has 5 nitrogen and oxygen atoms in total. The number of anilines is 1. The molecule has 5 heteroatoms. The number of aryl methyl sites for hydroxylation is 1. The summed E-state index contributed by atoms with van der Waals surface area (Å²) in [5, 5.41) is 2.81. The zero-order chi connectivity index (χ0) is 14.5. The van der Waals surface area contributed by atoms with Crippen LogP contribution in [-0.4, -0.2) is 25.1 Å². The molecular weight excluding hydrogens is 256 g/mol. The lowest BCUT2D eigenvalue weighted by Gasteiger charge is -2.11. The maximum absolute atomic E-state index is 12.1.